The maximum absolute atomic E-state index is 14.2. The molecule has 168 valence electrons. The van der Waals surface area contributed by atoms with Gasteiger partial charge < -0.3 is 19.7 Å². The topological polar surface area (TPSA) is 93.9 Å². The van der Waals surface area contributed by atoms with Crippen LogP contribution in [0.1, 0.15) is 43.1 Å². The van der Waals surface area contributed by atoms with E-state index in [1.807, 2.05) is 13.8 Å². The van der Waals surface area contributed by atoms with Crippen LogP contribution in [-0.4, -0.2) is 51.3 Å². The van der Waals surface area contributed by atoms with Crippen LogP contribution in [-0.2, 0) is 6.54 Å². The van der Waals surface area contributed by atoms with Crippen LogP contribution in [0.25, 0.3) is 5.65 Å². The number of anilines is 1. The minimum absolute atomic E-state index is 0.0121. The Morgan fingerprint density at radius 2 is 2.16 bits per heavy atom. The van der Waals surface area contributed by atoms with Crippen LogP contribution in [0.15, 0.2) is 24.7 Å². The van der Waals surface area contributed by atoms with Crippen LogP contribution < -0.4 is 19.7 Å². The minimum Gasteiger partial charge on any atom is -0.486 e. The quantitative estimate of drug-likeness (QED) is 0.622. The summed E-state index contributed by atoms with van der Waals surface area (Å²) in [4.78, 5) is 24.0. The van der Waals surface area contributed by atoms with Gasteiger partial charge in [-0.3, -0.25) is 4.79 Å². The van der Waals surface area contributed by atoms with Crippen LogP contribution >= 0.6 is 0 Å². The molecule has 5 heterocycles. The minimum atomic E-state index is -0.428. The molecule has 2 aliphatic rings. The van der Waals surface area contributed by atoms with E-state index >= 15 is 0 Å². The lowest BCUT2D eigenvalue weighted by molar-refractivity contribution is 0.0918. The Morgan fingerprint density at radius 3 is 2.97 bits per heavy atom. The summed E-state index contributed by atoms with van der Waals surface area (Å²) in [6.07, 6.45) is 5.19. The first kappa shape index (κ1) is 20.5. The summed E-state index contributed by atoms with van der Waals surface area (Å²) in [5, 5.41) is 7.24. The maximum Gasteiger partial charge on any atom is 0.256 e. The van der Waals surface area contributed by atoms with Crippen LogP contribution in [0, 0.1) is 11.2 Å². The highest BCUT2D eigenvalue weighted by Gasteiger charge is 2.32. The number of pyridine rings is 1. The fraction of sp³-hybridized carbons (Fsp3) is 0.455. The lowest BCUT2D eigenvalue weighted by atomic mass is 9.94. The molecule has 0 radical (unpaired) electrons. The highest BCUT2D eigenvalue weighted by molar-refractivity contribution is 5.99. The van der Waals surface area contributed by atoms with Crippen molar-refractivity contribution in [2.24, 2.45) is 5.41 Å². The van der Waals surface area contributed by atoms with E-state index in [-0.39, 0.29) is 17.4 Å². The number of ether oxygens (including phenoxy) is 2. The van der Waals surface area contributed by atoms with Crippen LogP contribution in [0.4, 0.5) is 10.2 Å². The van der Waals surface area contributed by atoms with Gasteiger partial charge in [-0.1, -0.05) is 20.8 Å². The molecule has 0 saturated heterocycles. The fourth-order valence-corrected chi connectivity index (χ4v) is 3.97. The Labute approximate surface area is 184 Å². The molecule has 1 amide bonds. The van der Waals surface area contributed by atoms with E-state index < -0.39 is 5.82 Å². The van der Waals surface area contributed by atoms with Crippen molar-refractivity contribution in [3.63, 3.8) is 0 Å². The zero-order valence-corrected chi connectivity index (χ0v) is 18.3. The maximum atomic E-state index is 14.2. The molecule has 2 bridgehead atoms. The second-order valence-electron chi connectivity index (χ2n) is 9.01. The number of nitrogens with one attached hydrogen (secondary N) is 1. The standard InChI is InChI=1S/C22H25FN6O3/c1-4-15-10-31-17-9-29-18-16(7-26-29)20(30)25-11-22(2,3)12-32-21-13(5-14(23)6-24-21)8-28(15)19(17)27-18/h5-7,9,15H,4,8,10-12H2,1-3H3,(H,25,30)/t15-/m1/s1. The van der Waals surface area contributed by atoms with Gasteiger partial charge in [0, 0.05) is 17.5 Å². The fourth-order valence-electron chi connectivity index (χ4n) is 3.97. The summed E-state index contributed by atoms with van der Waals surface area (Å²) >= 11 is 0. The van der Waals surface area contributed by atoms with Crippen LogP contribution in [0.5, 0.6) is 11.6 Å². The molecule has 0 aliphatic carbocycles. The van der Waals surface area contributed by atoms with Gasteiger partial charge in [0.1, 0.15) is 18.0 Å². The van der Waals surface area contributed by atoms with E-state index in [4.69, 9.17) is 14.5 Å². The first-order valence-electron chi connectivity index (χ1n) is 10.7. The third-order valence-electron chi connectivity index (χ3n) is 5.86. The summed E-state index contributed by atoms with van der Waals surface area (Å²) in [6, 6.07) is 1.46. The van der Waals surface area contributed by atoms with Gasteiger partial charge in [-0.2, -0.15) is 5.10 Å². The molecule has 32 heavy (non-hydrogen) atoms. The van der Waals surface area contributed by atoms with Gasteiger partial charge in [0.15, 0.2) is 17.2 Å². The van der Waals surface area contributed by atoms with Crippen molar-refractivity contribution in [3.05, 3.63) is 41.6 Å². The molecule has 0 spiro atoms. The van der Waals surface area contributed by atoms with Crippen molar-refractivity contribution < 1.29 is 18.7 Å². The molecule has 1 N–H and O–H groups in total. The van der Waals surface area contributed by atoms with Crippen LogP contribution in [0.2, 0.25) is 0 Å². The number of carbonyl (C=O) groups excluding carboxylic acids is 1. The van der Waals surface area contributed by atoms with Gasteiger partial charge in [-0.15, -0.1) is 0 Å². The van der Waals surface area contributed by atoms with Gasteiger partial charge in [0.05, 0.1) is 37.8 Å². The lowest BCUT2D eigenvalue weighted by Crippen LogP contribution is -2.43. The molecule has 0 aromatic carbocycles. The molecular formula is C22H25FN6O3. The van der Waals surface area contributed by atoms with Crippen molar-refractivity contribution in [2.45, 2.75) is 39.8 Å². The normalized spacial score (nSPS) is 20.2. The van der Waals surface area contributed by atoms with E-state index in [1.54, 1.807) is 10.7 Å². The largest absolute Gasteiger partial charge is 0.486 e. The molecule has 0 fully saturated rings. The summed E-state index contributed by atoms with van der Waals surface area (Å²) in [5.74, 6) is 0.823. The summed E-state index contributed by atoms with van der Waals surface area (Å²) in [5.41, 5.74) is 1.07. The third kappa shape index (κ3) is 3.59. The number of fused-ring (bicyclic) bond motifs is 1. The van der Waals surface area contributed by atoms with Gasteiger partial charge in [-0.05, 0) is 12.5 Å². The number of rotatable bonds is 1. The van der Waals surface area contributed by atoms with Crippen molar-refractivity contribution >= 4 is 17.4 Å². The summed E-state index contributed by atoms with van der Waals surface area (Å²) in [6.45, 7) is 7.50. The molecule has 3 aromatic rings. The zero-order chi connectivity index (χ0) is 22.5. The SMILES string of the molecule is CC[C@@H]1COc2cn3ncc4c3nc2N1Cc1cc(F)cnc1OCC(C)(C)CNC4=O. The zero-order valence-electron chi connectivity index (χ0n) is 18.3. The van der Waals surface area contributed by atoms with E-state index in [9.17, 15) is 9.18 Å². The Bertz CT molecular complexity index is 1190. The van der Waals surface area contributed by atoms with Gasteiger partial charge in [0.25, 0.3) is 5.91 Å². The van der Waals surface area contributed by atoms with Crippen molar-refractivity contribution in [3.8, 4) is 11.6 Å². The molecule has 2 aliphatic heterocycles. The second-order valence-corrected chi connectivity index (χ2v) is 9.01. The van der Waals surface area contributed by atoms with E-state index in [0.717, 1.165) is 12.6 Å². The molecule has 0 saturated carbocycles. The first-order chi connectivity index (χ1) is 15.3. The van der Waals surface area contributed by atoms with E-state index in [1.165, 1.54) is 12.3 Å². The number of aromatic nitrogens is 4. The Hall–Kier alpha value is -3.43. The molecule has 5 rings (SSSR count). The molecule has 3 aromatic heterocycles. The first-order valence-corrected chi connectivity index (χ1v) is 10.7. The van der Waals surface area contributed by atoms with Gasteiger partial charge in [0.2, 0.25) is 5.88 Å². The summed E-state index contributed by atoms with van der Waals surface area (Å²) in [7, 11) is 0. The number of amides is 1. The predicted octanol–water partition coefficient (Wildman–Crippen LogP) is 2.59. The molecule has 10 heteroatoms. The van der Waals surface area contributed by atoms with Crippen LogP contribution in [0.3, 0.4) is 0 Å². The number of hydrogen-bond donors (Lipinski definition) is 1. The third-order valence-corrected chi connectivity index (χ3v) is 5.86. The van der Waals surface area contributed by atoms with Crippen molar-refractivity contribution in [1.82, 2.24) is 24.9 Å². The molecule has 9 nitrogen and oxygen atoms in total. The molecule has 0 unspecified atom stereocenters. The average molecular weight is 440 g/mol. The Balaban J connectivity index is 1.69. The Kier molecular flexibility index (Phi) is 4.87. The molecular weight excluding hydrogens is 415 g/mol. The number of hydrogen-bond acceptors (Lipinski definition) is 7. The number of halogens is 1. The van der Waals surface area contributed by atoms with E-state index in [0.29, 0.717) is 60.5 Å². The lowest BCUT2D eigenvalue weighted by Gasteiger charge is -2.37. The average Bonchev–Trinajstić information content (AvgIpc) is 3.18. The van der Waals surface area contributed by atoms with Gasteiger partial charge >= 0.3 is 0 Å². The monoisotopic (exact) mass is 440 g/mol. The van der Waals surface area contributed by atoms with E-state index in [2.05, 4.69) is 27.2 Å². The smallest absolute Gasteiger partial charge is 0.256 e. The Morgan fingerprint density at radius 1 is 1.31 bits per heavy atom. The summed E-state index contributed by atoms with van der Waals surface area (Å²) < 4.78 is 27.7. The highest BCUT2D eigenvalue weighted by Crippen LogP contribution is 2.36. The highest BCUT2D eigenvalue weighted by atomic mass is 19.1. The molecule has 1 atom stereocenters. The second kappa shape index (κ2) is 7.61. The van der Waals surface area contributed by atoms with Gasteiger partial charge in [-0.25, -0.2) is 18.9 Å². The number of carbonyl (C=O) groups is 1. The predicted molar refractivity (Wildman–Crippen MR) is 115 cm³/mol. The number of nitrogens with zero attached hydrogens (tertiary/aromatic N) is 5. The van der Waals surface area contributed by atoms with Crippen molar-refractivity contribution in [2.75, 3.05) is 24.7 Å². The van der Waals surface area contributed by atoms with Crippen molar-refractivity contribution in [1.29, 1.82) is 0 Å².